The number of nitrogens with one attached hydrogen (secondary N) is 2. The fourth-order valence-corrected chi connectivity index (χ4v) is 4.13. The van der Waals surface area contributed by atoms with Gasteiger partial charge in [0, 0.05) is 17.1 Å². The monoisotopic (exact) mass is 332 g/mol. The van der Waals surface area contributed by atoms with E-state index in [-0.39, 0.29) is 6.04 Å². The smallest absolute Gasteiger partial charge is 0.241 e. The number of hydrogen-bond donors (Lipinski definition) is 2. The molecule has 1 atom stereocenters. The third kappa shape index (κ3) is 3.54. The van der Waals surface area contributed by atoms with Gasteiger partial charge in [-0.1, -0.05) is 18.6 Å². The molecule has 4 nitrogen and oxygen atoms in total. The minimum absolute atomic E-state index is 0.246. The maximum atomic E-state index is 12.1. The maximum absolute atomic E-state index is 12.1. The lowest BCUT2D eigenvalue weighted by atomic mass is 10.1. The molecule has 0 aliphatic carbocycles. The second-order valence-electron chi connectivity index (χ2n) is 4.43. The van der Waals surface area contributed by atoms with Crippen molar-refractivity contribution < 1.29 is 8.42 Å². The Morgan fingerprint density at radius 2 is 2.11 bits per heavy atom. The van der Waals surface area contributed by atoms with Gasteiger partial charge in [-0.05, 0) is 47.4 Å². The van der Waals surface area contributed by atoms with Crippen molar-refractivity contribution in [1.82, 2.24) is 10.0 Å². The largest absolute Gasteiger partial charge is 0.313 e. The standard InChI is InChI=1S/C12H17BrN2O2S/c13-11-6-1-2-7-12(11)18(16,17)15-9-10-5-3-4-8-14-10/h1-2,6-7,10,14-15H,3-5,8-9H2/t10-/m0/s1. The summed E-state index contributed by atoms with van der Waals surface area (Å²) in [5.41, 5.74) is 0. The molecule has 0 aromatic heterocycles. The first kappa shape index (κ1) is 14.0. The Balaban J connectivity index is 2.01. The van der Waals surface area contributed by atoms with Crippen LogP contribution in [-0.4, -0.2) is 27.5 Å². The van der Waals surface area contributed by atoms with Gasteiger partial charge in [-0.25, -0.2) is 13.1 Å². The van der Waals surface area contributed by atoms with Crippen LogP contribution >= 0.6 is 15.9 Å². The van der Waals surface area contributed by atoms with Gasteiger partial charge in [0.05, 0.1) is 4.90 Å². The summed E-state index contributed by atoms with van der Waals surface area (Å²) in [7, 11) is -3.43. The Morgan fingerprint density at radius 3 is 2.78 bits per heavy atom. The second-order valence-corrected chi connectivity index (χ2v) is 7.02. The summed E-state index contributed by atoms with van der Waals surface area (Å²) in [6.45, 7) is 1.42. The van der Waals surface area contributed by atoms with Gasteiger partial charge in [-0.3, -0.25) is 0 Å². The summed E-state index contributed by atoms with van der Waals surface area (Å²) in [5.74, 6) is 0. The highest BCUT2D eigenvalue weighted by atomic mass is 79.9. The minimum Gasteiger partial charge on any atom is -0.313 e. The number of piperidine rings is 1. The molecule has 0 spiro atoms. The Hall–Kier alpha value is -0.430. The lowest BCUT2D eigenvalue weighted by molar-refractivity contribution is 0.398. The Morgan fingerprint density at radius 1 is 1.33 bits per heavy atom. The molecule has 2 N–H and O–H groups in total. The summed E-state index contributed by atoms with van der Waals surface area (Å²) < 4.78 is 27.5. The molecule has 1 aromatic rings. The summed E-state index contributed by atoms with van der Waals surface area (Å²) in [4.78, 5) is 0.292. The highest BCUT2D eigenvalue weighted by Gasteiger charge is 2.19. The molecule has 0 radical (unpaired) electrons. The molecule has 0 amide bonds. The Bertz CT molecular complexity index is 499. The van der Waals surface area contributed by atoms with E-state index in [0.29, 0.717) is 15.9 Å². The zero-order chi connectivity index (χ0) is 13.0. The van der Waals surface area contributed by atoms with Gasteiger partial charge in [-0.2, -0.15) is 0 Å². The highest BCUT2D eigenvalue weighted by molar-refractivity contribution is 9.10. The molecule has 0 unspecified atom stereocenters. The predicted molar refractivity (Wildman–Crippen MR) is 75.0 cm³/mol. The van der Waals surface area contributed by atoms with Crippen molar-refractivity contribution >= 4 is 26.0 Å². The molecule has 1 saturated heterocycles. The average molecular weight is 333 g/mol. The van der Waals surface area contributed by atoms with E-state index in [1.807, 2.05) is 0 Å². The molecule has 1 aromatic carbocycles. The molecule has 18 heavy (non-hydrogen) atoms. The van der Waals surface area contributed by atoms with Crippen LogP contribution in [0, 0.1) is 0 Å². The van der Waals surface area contributed by atoms with Crippen LogP contribution in [0.25, 0.3) is 0 Å². The van der Waals surface area contributed by atoms with Crippen molar-refractivity contribution in [3.8, 4) is 0 Å². The molecular formula is C12H17BrN2O2S. The fourth-order valence-electron chi connectivity index (χ4n) is 2.05. The summed E-state index contributed by atoms with van der Waals surface area (Å²) in [6.07, 6.45) is 3.36. The van der Waals surface area contributed by atoms with E-state index < -0.39 is 10.0 Å². The van der Waals surface area contributed by atoms with Crippen molar-refractivity contribution in [2.24, 2.45) is 0 Å². The highest BCUT2D eigenvalue weighted by Crippen LogP contribution is 2.20. The number of hydrogen-bond acceptors (Lipinski definition) is 3. The van der Waals surface area contributed by atoms with Crippen LogP contribution < -0.4 is 10.0 Å². The van der Waals surface area contributed by atoms with E-state index in [0.717, 1.165) is 19.4 Å². The molecule has 6 heteroatoms. The number of rotatable bonds is 4. The van der Waals surface area contributed by atoms with Crippen molar-refractivity contribution in [1.29, 1.82) is 0 Å². The first-order chi connectivity index (χ1) is 8.59. The molecule has 100 valence electrons. The van der Waals surface area contributed by atoms with Crippen LogP contribution in [0.1, 0.15) is 19.3 Å². The zero-order valence-corrected chi connectivity index (χ0v) is 12.4. The predicted octanol–water partition coefficient (Wildman–Crippen LogP) is 1.87. The van der Waals surface area contributed by atoms with E-state index in [9.17, 15) is 8.42 Å². The summed E-state index contributed by atoms with van der Waals surface area (Å²) >= 11 is 3.26. The molecule has 1 aliphatic rings. The van der Waals surface area contributed by atoms with Crippen molar-refractivity contribution in [3.05, 3.63) is 28.7 Å². The number of benzene rings is 1. The molecular weight excluding hydrogens is 316 g/mol. The Kier molecular flexibility index (Phi) is 4.77. The molecule has 1 aliphatic heterocycles. The van der Waals surface area contributed by atoms with Gasteiger partial charge in [0.15, 0.2) is 0 Å². The number of halogens is 1. The first-order valence-corrected chi connectivity index (χ1v) is 8.35. The quantitative estimate of drug-likeness (QED) is 0.884. The van der Waals surface area contributed by atoms with E-state index in [1.165, 1.54) is 6.42 Å². The van der Waals surface area contributed by atoms with E-state index in [4.69, 9.17) is 0 Å². The van der Waals surface area contributed by atoms with Gasteiger partial charge < -0.3 is 5.32 Å². The molecule has 0 bridgehead atoms. The molecule has 0 saturated carbocycles. The average Bonchev–Trinajstić information content (AvgIpc) is 2.38. The lowest BCUT2D eigenvalue weighted by Gasteiger charge is -2.23. The molecule has 2 rings (SSSR count). The zero-order valence-electron chi connectivity index (χ0n) is 10.0. The van der Waals surface area contributed by atoms with Crippen molar-refractivity contribution in [3.63, 3.8) is 0 Å². The first-order valence-electron chi connectivity index (χ1n) is 6.07. The van der Waals surface area contributed by atoms with Gasteiger partial charge in [0.1, 0.15) is 0 Å². The van der Waals surface area contributed by atoms with E-state index in [2.05, 4.69) is 26.0 Å². The third-order valence-corrected chi connectivity index (χ3v) is 5.49. The van der Waals surface area contributed by atoms with Crippen LogP contribution in [0.15, 0.2) is 33.6 Å². The van der Waals surface area contributed by atoms with E-state index in [1.54, 1.807) is 24.3 Å². The maximum Gasteiger partial charge on any atom is 0.241 e. The van der Waals surface area contributed by atoms with Crippen molar-refractivity contribution in [2.45, 2.75) is 30.2 Å². The van der Waals surface area contributed by atoms with Crippen LogP contribution in [0.2, 0.25) is 0 Å². The number of sulfonamides is 1. The third-order valence-electron chi connectivity index (χ3n) is 3.06. The minimum atomic E-state index is -3.43. The summed E-state index contributed by atoms with van der Waals surface area (Å²) in [5, 5.41) is 3.32. The van der Waals surface area contributed by atoms with Crippen LogP contribution in [-0.2, 0) is 10.0 Å². The summed E-state index contributed by atoms with van der Waals surface area (Å²) in [6, 6.07) is 7.09. The van der Waals surface area contributed by atoms with Gasteiger partial charge >= 0.3 is 0 Å². The fraction of sp³-hybridized carbons (Fsp3) is 0.500. The van der Waals surface area contributed by atoms with Gasteiger partial charge in [0.2, 0.25) is 10.0 Å². The van der Waals surface area contributed by atoms with Gasteiger partial charge in [0.25, 0.3) is 0 Å². The molecule has 1 heterocycles. The molecule has 1 fully saturated rings. The Labute approximate surface area is 116 Å². The topological polar surface area (TPSA) is 58.2 Å². The van der Waals surface area contributed by atoms with Gasteiger partial charge in [-0.15, -0.1) is 0 Å². The van der Waals surface area contributed by atoms with Crippen molar-refractivity contribution in [2.75, 3.05) is 13.1 Å². The normalized spacial score (nSPS) is 20.8. The lowest BCUT2D eigenvalue weighted by Crippen LogP contribution is -2.43. The van der Waals surface area contributed by atoms with Crippen LogP contribution in [0.5, 0.6) is 0 Å². The van der Waals surface area contributed by atoms with Crippen LogP contribution in [0.3, 0.4) is 0 Å². The van der Waals surface area contributed by atoms with Crippen LogP contribution in [0.4, 0.5) is 0 Å². The second kappa shape index (κ2) is 6.14. The van der Waals surface area contributed by atoms with E-state index >= 15 is 0 Å². The SMILES string of the molecule is O=S(=O)(NC[C@@H]1CCCCN1)c1ccccc1Br.